The van der Waals surface area contributed by atoms with Gasteiger partial charge in [0.15, 0.2) is 10.9 Å². The monoisotopic (exact) mass is 352 g/mol. The van der Waals surface area contributed by atoms with E-state index in [0.29, 0.717) is 22.2 Å². The third-order valence-electron chi connectivity index (χ3n) is 3.42. The summed E-state index contributed by atoms with van der Waals surface area (Å²) in [5, 5.41) is 0.396. The van der Waals surface area contributed by atoms with E-state index >= 15 is 0 Å². The number of H-pyrrole nitrogens is 1. The number of aryl methyl sites for hydroxylation is 1. The number of hydrogen-bond donors (Lipinski definition) is 1. The fourth-order valence-corrected chi connectivity index (χ4v) is 2.99. The van der Waals surface area contributed by atoms with Crippen molar-refractivity contribution < 1.29 is 9.53 Å². The maximum absolute atomic E-state index is 12.3. The Labute approximate surface area is 149 Å². The Morgan fingerprint density at radius 2 is 1.72 bits per heavy atom. The normalized spacial score (nSPS) is 10.4. The fourth-order valence-electron chi connectivity index (χ4n) is 2.19. The molecule has 0 saturated carbocycles. The van der Waals surface area contributed by atoms with E-state index in [1.165, 1.54) is 11.8 Å². The second kappa shape index (κ2) is 7.81. The van der Waals surface area contributed by atoms with E-state index in [9.17, 15) is 9.59 Å². The van der Waals surface area contributed by atoms with Gasteiger partial charge in [-0.1, -0.05) is 60.3 Å². The number of ether oxygens (including phenoxy) is 1. The average Bonchev–Trinajstić information content (AvgIpc) is 2.64. The molecule has 0 aliphatic rings. The van der Waals surface area contributed by atoms with E-state index in [1.807, 2.05) is 36.4 Å². The summed E-state index contributed by atoms with van der Waals surface area (Å²) in [5.41, 5.74) is 0.742. The predicted octanol–water partition coefficient (Wildman–Crippen LogP) is 3.85. The maximum Gasteiger partial charge on any atom is 0.294 e. The van der Waals surface area contributed by atoms with Crippen molar-refractivity contribution in [2.24, 2.45) is 0 Å². The number of ketones is 1. The third kappa shape index (κ3) is 4.36. The first-order valence-corrected chi connectivity index (χ1v) is 8.67. The summed E-state index contributed by atoms with van der Waals surface area (Å²) < 4.78 is 5.61. The lowest BCUT2D eigenvalue weighted by molar-refractivity contribution is 0.102. The maximum atomic E-state index is 12.3. The van der Waals surface area contributed by atoms with Gasteiger partial charge >= 0.3 is 0 Å². The first kappa shape index (κ1) is 17.0. The van der Waals surface area contributed by atoms with Gasteiger partial charge in [0, 0.05) is 5.56 Å². The molecule has 0 atom stereocenters. The van der Waals surface area contributed by atoms with Gasteiger partial charge in [-0.25, -0.2) is 4.98 Å². The standard InChI is InChI=1S/C19H16N2O3S/c1-13-17(24-15-10-6-3-7-11-15)18(23)21-19(20-13)25-12-16(22)14-8-4-2-5-9-14/h2-11H,12H2,1H3,(H,20,21,23). The van der Waals surface area contributed by atoms with E-state index < -0.39 is 0 Å². The summed E-state index contributed by atoms with van der Waals surface area (Å²) >= 11 is 1.19. The molecule has 0 bridgehead atoms. The molecule has 0 fully saturated rings. The Balaban J connectivity index is 1.72. The van der Waals surface area contributed by atoms with Gasteiger partial charge in [-0.15, -0.1) is 0 Å². The molecule has 3 aromatic rings. The molecule has 3 rings (SSSR count). The van der Waals surface area contributed by atoms with Crippen molar-refractivity contribution in [3.8, 4) is 11.5 Å². The van der Waals surface area contributed by atoms with E-state index in [1.54, 1.807) is 31.2 Å². The lowest BCUT2D eigenvalue weighted by Crippen LogP contribution is -2.14. The van der Waals surface area contributed by atoms with Crippen molar-refractivity contribution in [2.45, 2.75) is 12.1 Å². The summed E-state index contributed by atoms with van der Waals surface area (Å²) in [6, 6.07) is 18.1. The SMILES string of the molecule is Cc1nc(SCC(=O)c2ccccc2)[nH]c(=O)c1Oc1ccccc1. The van der Waals surface area contributed by atoms with Crippen LogP contribution in [0.15, 0.2) is 70.6 Å². The number of hydrogen-bond acceptors (Lipinski definition) is 5. The molecular formula is C19H16N2O3S. The fraction of sp³-hybridized carbons (Fsp3) is 0.105. The van der Waals surface area contributed by atoms with Crippen molar-refractivity contribution >= 4 is 17.5 Å². The number of aromatic amines is 1. The zero-order valence-electron chi connectivity index (χ0n) is 13.6. The molecule has 0 saturated heterocycles. The minimum absolute atomic E-state index is 0.0180. The zero-order chi connectivity index (χ0) is 17.6. The molecule has 5 nitrogen and oxygen atoms in total. The number of carbonyl (C=O) groups excluding carboxylic acids is 1. The summed E-state index contributed by atoms with van der Waals surface area (Å²) in [4.78, 5) is 31.4. The molecule has 6 heteroatoms. The number of Topliss-reactive ketones (excluding diaryl/α,β-unsaturated/α-hetero) is 1. The molecule has 0 radical (unpaired) electrons. The Hall–Kier alpha value is -2.86. The van der Waals surface area contributed by atoms with Crippen molar-refractivity contribution in [3.63, 3.8) is 0 Å². The molecule has 0 aliphatic carbocycles. The highest BCUT2D eigenvalue weighted by Crippen LogP contribution is 2.22. The van der Waals surface area contributed by atoms with Crippen LogP contribution in [0, 0.1) is 6.92 Å². The average molecular weight is 352 g/mol. The summed E-state index contributed by atoms with van der Waals surface area (Å²) in [6.45, 7) is 1.70. The van der Waals surface area contributed by atoms with Crippen LogP contribution in [0.3, 0.4) is 0 Å². The lowest BCUT2D eigenvalue weighted by atomic mass is 10.2. The van der Waals surface area contributed by atoms with Gasteiger partial charge in [-0.3, -0.25) is 14.6 Å². The lowest BCUT2D eigenvalue weighted by Gasteiger charge is -2.08. The number of para-hydroxylation sites is 1. The van der Waals surface area contributed by atoms with Crippen molar-refractivity contribution in [1.82, 2.24) is 9.97 Å². The van der Waals surface area contributed by atoms with Gasteiger partial charge < -0.3 is 4.74 Å². The molecule has 25 heavy (non-hydrogen) atoms. The van der Waals surface area contributed by atoms with Crippen LogP contribution < -0.4 is 10.3 Å². The van der Waals surface area contributed by atoms with E-state index in [4.69, 9.17) is 4.74 Å². The minimum Gasteiger partial charge on any atom is -0.450 e. The summed E-state index contributed by atoms with van der Waals surface area (Å²) in [6.07, 6.45) is 0. The molecule has 1 N–H and O–H groups in total. The van der Waals surface area contributed by atoms with E-state index in [-0.39, 0.29) is 22.8 Å². The van der Waals surface area contributed by atoms with Crippen LogP contribution in [-0.4, -0.2) is 21.5 Å². The van der Waals surface area contributed by atoms with Crippen molar-refractivity contribution in [2.75, 3.05) is 5.75 Å². The largest absolute Gasteiger partial charge is 0.450 e. The molecule has 1 heterocycles. The quantitative estimate of drug-likeness (QED) is 0.414. The van der Waals surface area contributed by atoms with Crippen LogP contribution in [0.1, 0.15) is 16.1 Å². The third-order valence-corrected chi connectivity index (χ3v) is 4.30. The van der Waals surface area contributed by atoms with Crippen LogP contribution >= 0.6 is 11.8 Å². The van der Waals surface area contributed by atoms with Gasteiger partial charge in [0.2, 0.25) is 5.75 Å². The molecule has 0 spiro atoms. The van der Waals surface area contributed by atoms with Gasteiger partial charge in [0.05, 0.1) is 11.4 Å². The number of aromatic nitrogens is 2. The Kier molecular flexibility index (Phi) is 5.30. The molecular weight excluding hydrogens is 336 g/mol. The van der Waals surface area contributed by atoms with Gasteiger partial charge in [0.1, 0.15) is 5.75 Å². The molecule has 0 unspecified atom stereocenters. The zero-order valence-corrected chi connectivity index (χ0v) is 14.4. The van der Waals surface area contributed by atoms with Gasteiger partial charge in [-0.05, 0) is 19.1 Å². The minimum atomic E-state index is -0.369. The molecule has 2 aromatic carbocycles. The van der Waals surface area contributed by atoms with Crippen LogP contribution in [0.4, 0.5) is 0 Å². The number of nitrogens with one attached hydrogen (secondary N) is 1. The topological polar surface area (TPSA) is 72.0 Å². The van der Waals surface area contributed by atoms with Crippen LogP contribution in [0.5, 0.6) is 11.5 Å². The second-order valence-electron chi connectivity index (χ2n) is 5.28. The second-order valence-corrected chi connectivity index (χ2v) is 6.24. The highest BCUT2D eigenvalue weighted by molar-refractivity contribution is 7.99. The molecule has 0 aliphatic heterocycles. The van der Waals surface area contributed by atoms with E-state index in [0.717, 1.165) is 0 Å². The number of carbonyl (C=O) groups is 1. The van der Waals surface area contributed by atoms with Gasteiger partial charge in [-0.2, -0.15) is 0 Å². The first-order valence-electron chi connectivity index (χ1n) is 7.68. The number of thioether (sulfide) groups is 1. The van der Waals surface area contributed by atoms with Crippen LogP contribution in [-0.2, 0) is 0 Å². The predicted molar refractivity (Wildman–Crippen MR) is 97.6 cm³/mol. The summed E-state index contributed by atoms with van der Waals surface area (Å²) in [7, 11) is 0. The Morgan fingerprint density at radius 1 is 1.08 bits per heavy atom. The van der Waals surface area contributed by atoms with Crippen LogP contribution in [0.25, 0.3) is 0 Å². The molecule has 126 valence electrons. The number of nitrogens with zero attached hydrogens (tertiary/aromatic N) is 1. The molecule has 0 amide bonds. The Morgan fingerprint density at radius 3 is 2.36 bits per heavy atom. The Bertz CT molecular complexity index is 924. The van der Waals surface area contributed by atoms with Crippen LogP contribution in [0.2, 0.25) is 0 Å². The van der Waals surface area contributed by atoms with E-state index in [2.05, 4.69) is 9.97 Å². The van der Waals surface area contributed by atoms with Crippen molar-refractivity contribution in [1.29, 1.82) is 0 Å². The highest BCUT2D eigenvalue weighted by atomic mass is 32.2. The molecule has 1 aromatic heterocycles. The van der Waals surface area contributed by atoms with Gasteiger partial charge in [0.25, 0.3) is 5.56 Å². The number of benzene rings is 2. The van der Waals surface area contributed by atoms with Crippen molar-refractivity contribution in [3.05, 3.63) is 82.3 Å². The first-order chi connectivity index (χ1) is 12.1. The smallest absolute Gasteiger partial charge is 0.294 e. The highest BCUT2D eigenvalue weighted by Gasteiger charge is 2.13. The summed E-state index contributed by atoms with van der Waals surface area (Å²) in [5.74, 6) is 0.906. The number of rotatable bonds is 6.